The predicted molar refractivity (Wildman–Crippen MR) is 70.9 cm³/mol. The second-order valence-electron chi connectivity index (χ2n) is 5.06. The molecule has 0 aromatic rings. The summed E-state index contributed by atoms with van der Waals surface area (Å²) >= 11 is 0. The van der Waals surface area contributed by atoms with Crippen molar-refractivity contribution in [1.29, 1.82) is 0 Å². The fourth-order valence-corrected chi connectivity index (χ4v) is 2.16. The van der Waals surface area contributed by atoms with Crippen molar-refractivity contribution in [2.45, 2.75) is 44.6 Å². The fraction of sp³-hybridized carbons (Fsp3) is 0.846. The van der Waals surface area contributed by atoms with E-state index in [-0.39, 0.29) is 19.1 Å². The van der Waals surface area contributed by atoms with E-state index in [0.717, 1.165) is 19.3 Å². The van der Waals surface area contributed by atoms with E-state index >= 15 is 0 Å². The van der Waals surface area contributed by atoms with E-state index < -0.39 is 5.97 Å². The van der Waals surface area contributed by atoms with Crippen LogP contribution in [0.3, 0.4) is 0 Å². The normalized spacial score (nSPS) is 14.8. The minimum Gasteiger partial charge on any atom is -0.481 e. The van der Waals surface area contributed by atoms with Gasteiger partial charge in [0.15, 0.2) is 0 Å². The number of rotatable bonds is 8. The zero-order valence-electron chi connectivity index (χ0n) is 11.5. The highest BCUT2D eigenvalue weighted by atomic mass is 16.4. The molecule has 0 saturated heterocycles. The molecule has 0 atom stereocenters. The van der Waals surface area contributed by atoms with E-state index in [0.29, 0.717) is 32.0 Å². The summed E-state index contributed by atoms with van der Waals surface area (Å²) in [7, 11) is 1.70. The van der Waals surface area contributed by atoms with Gasteiger partial charge in [-0.2, -0.15) is 0 Å². The van der Waals surface area contributed by atoms with E-state index in [1.165, 1.54) is 0 Å². The number of hydrogen-bond acceptors (Lipinski definition) is 3. The second-order valence-corrected chi connectivity index (χ2v) is 5.06. The number of aliphatic hydroxyl groups excluding tert-OH is 1. The molecule has 110 valence electrons. The van der Waals surface area contributed by atoms with Crippen molar-refractivity contribution >= 4 is 12.0 Å². The average Bonchev–Trinajstić information content (AvgIpc) is 2.30. The van der Waals surface area contributed by atoms with Crippen LogP contribution in [0.25, 0.3) is 0 Å². The van der Waals surface area contributed by atoms with Gasteiger partial charge < -0.3 is 20.0 Å². The lowest BCUT2D eigenvalue weighted by molar-refractivity contribution is -0.137. The Labute approximate surface area is 114 Å². The van der Waals surface area contributed by atoms with Crippen LogP contribution >= 0.6 is 0 Å². The lowest BCUT2D eigenvalue weighted by Gasteiger charge is -2.39. The standard InChI is InChI=1S/C13H24N2O4/c1-14(8-3-7-12(17)18)13(19)15(9-4-10-16)11-5-2-6-11/h11,16H,2-10H2,1H3,(H,17,18). The van der Waals surface area contributed by atoms with Gasteiger partial charge in [-0.05, 0) is 32.1 Å². The van der Waals surface area contributed by atoms with Gasteiger partial charge in [-0.1, -0.05) is 0 Å². The van der Waals surface area contributed by atoms with Crippen molar-refractivity contribution in [1.82, 2.24) is 9.80 Å². The van der Waals surface area contributed by atoms with Crippen LogP contribution in [-0.2, 0) is 4.79 Å². The van der Waals surface area contributed by atoms with E-state index in [9.17, 15) is 9.59 Å². The maximum atomic E-state index is 12.3. The van der Waals surface area contributed by atoms with Gasteiger partial charge in [0.1, 0.15) is 0 Å². The largest absolute Gasteiger partial charge is 0.481 e. The number of urea groups is 1. The van der Waals surface area contributed by atoms with Crippen molar-refractivity contribution in [2.75, 3.05) is 26.7 Å². The molecule has 1 saturated carbocycles. The number of aliphatic hydroxyl groups is 1. The Balaban J connectivity index is 2.42. The van der Waals surface area contributed by atoms with E-state index in [4.69, 9.17) is 10.2 Å². The SMILES string of the molecule is CN(CCCC(=O)O)C(=O)N(CCCO)C1CCC1. The number of carboxylic acid groups (broad SMARTS) is 1. The Morgan fingerprint density at radius 3 is 2.37 bits per heavy atom. The zero-order chi connectivity index (χ0) is 14.3. The van der Waals surface area contributed by atoms with E-state index in [1.54, 1.807) is 11.9 Å². The molecule has 0 radical (unpaired) electrons. The van der Waals surface area contributed by atoms with Crippen molar-refractivity contribution in [3.63, 3.8) is 0 Å². The molecule has 6 heteroatoms. The minimum absolute atomic E-state index is 0.0523. The maximum Gasteiger partial charge on any atom is 0.319 e. The molecule has 0 aromatic heterocycles. The highest BCUT2D eigenvalue weighted by molar-refractivity contribution is 5.74. The molecule has 6 nitrogen and oxygen atoms in total. The van der Waals surface area contributed by atoms with Gasteiger partial charge in [0.25, 0.3) is 0 Å². The first-order valence-corrected chi connectivity index (χ1v) is 6.90. The van der Waals surface area contributed by atoms with Crippen LogP contribution in [-0.4, -0.2) is 64.8 Å². The number of hydrogen-bond donors (Lipinski definition) is 2. The first kappa shape index (κ1) is 15.8. The summed E-state index contributed by atoms with van der Waals surface area (Å²) in [6, 6.07) is 0.240. The Morgan fingerprint density at radius 1 is 1.21 bits per heavy atom. The molecule has 0 spiro atoms. The number of carbonyl (C=O) groups is 2. The van der Waals surface area contributed by atoms with Crippen LogP contribution in [0.5, 0.6) is 0 Å². The Morgan fingerprint density at radius 2 is 1.89 bits per heavy atom. The summed E-state index contributed by atoms with van der Waals surface area (Å²) in [5, 5.41) is 17.5. The number of amides is 2. The van der Waals surface area contributed by atoms with Gasteiger partial charge in [-0.15, -0.1) is 0 Å². The minimum atomic E-state index is -0.836. The Kier molecular flexibility index (Phi) is 6.62. The van der Waals surface area contributed by atoms with Gasteiger partial charge >= 0.3 is 12.0 Å². The van der Waals surface area contributed by atoms with Gasteiger partial charge in [-0.3, -0.25) is 4.79 Å². The van der Waals surface area contributed by atoms with E-state index in [2.05, 4.69) is 0 Å². The number of aliphatic carboxylic acids is 1. The Hall–Kier alpha value is -1.30. The number of carbonyl (C=O) groups excluding carboxylic acids is 1. The number of nitrogens with zero attached hydrogens (tertiary/aromatic N) is 2. The quantitative estimate of drug-likeness (QED) is 0.694. The van der Waals surface area contributed by atoms with Crippen molar-refractivity contribution < 1.29 is 19.8 Å². The van der Waals surface area contributed by atoms with Crippen LogP contribution in [0.1, 0.15) is 38.5 Å². The average molecular weight is 272 g/mol. The molecule has 0 aromatic carbocycles. The van der Waals surface area contributed by atoms with Crippen molar-refractivity contribution in [2.24, 2.45) is 0 Å². The highest BCUT2D eigenvalue weighted by Crippen LogP contribution is 2.25. The van der Waals surface area contributed by atoms with Crippen LogP contribution in [0.2, 0.25) is 0 Å². The number of carboxylic acids is 1. The lowest BCUT2D eigenvalue weighted by atomic mass is 9.91. The summed E-state index contributed by atoms with van der Waals surface area (Å²) in [4.78, 5) is 26.1. The molecule has 2 amide bonds. The van der Waals surface area contributed by atoms with Crippen LogP contribution in [0.4, 0.5) is 4.79 Å². The smallest absolute Gasteiger partial charge is 0.319 e. The maximum absolute atomic E-state index is 12.3. The summed E-state index contributed by atoms with van der Waals surface area (Å²) in [5.41, 5.74) is 0. The second kappa shape index (κ2) is 7.99. The van der Waals surface area contributed by atoms with Gasteiger partial charge in [-0.25, -0.2) is 4.79 Å². The highest BCUT2D eigenvalue weighted by Gasteiger charge is 2.29. The van der Waals surface area contributed by atoms with Gasteiger partial charge in [0, 0.05) is 39.2 Å². The van der Waals surface area contributed by atoms with Crippen LogP contribution in [0, 0.1) is 0 Å². The third kappa shape index (κ3) is 5.06. The summed E-state index contributed by atoms with van der Waals surface area (Å²) in [6.07, 6.45) is 4.34. The van der Waals surface area contributed by atoms with Crippen molar-refractivity contribution in [3.05, 3.63) is 0 Å². The van der Waals surface area contributed by atoms with Crippen LogP contribution in [0.15, 0.2) is 0 Å². The van der Waals surface area contributed by atoms with Crippen LogP contribution < -0.4 is 0 Å². The predicted octanol–water partition coefficient (Wildman–Crippen LogP) is 1.14. The third-order valence-electron chi connectivity index (χ3n) is 3.53. The van der Waals surface area contributed by atoms with Gasteiger partial charge in [0.05, 0.1) is 0 Å². The molecule has 1 rings (SSSR count). The van der Waals surface area contributed by atoms with Gasteiger partial charge in [0.2, 0.25) is 0 Å². The topological polar surface area (TPSA) is 81.1 Å². The molecule has 19 heavy (non-hydrogen) atoms. The molecule has 0 bridgehead atoms. The molecule has 1 aliphatic rings. The summed E-state index contributed by atoms with van der Waals surface area (Å²) < 4.78 is 0. The summed E-state index contributed by atoms with van der Waals surface area (Å²) in [6.45, 7) is 1.11. The first-order valence-electron chi connectivity index (χ1n) is 6.90. The molecule has 1 aliphatic carbocycles. The molecular formula is C13H24N2O4. The van der Waals surface area contributed by atoms with E-state index in [1.807, 2.05) is 4.90 Å². The Bertz CT molecular complexity index is 305. The molecule has 0 unspecified atom stereocenters. The lowest BCUT2D eigenvalue weighted by Crippen LogP contribution is -2.50. The zero-order valence-corrected chi connectivity index (χ0v) is 11.5. The third-order valence-corrected chi connectivity index (χ3v) is 3.53. The molecule has 2 N–H and O–H groups in total. The van der Waals surface area contributed by atoms with Crippen molar-refractivity contribution in [3.8, 4) is 0 Å². The summed E-state index contributed by atoms with van der Waals surface area (Å²) in [5.74, 6) is -0.836. The molecule has 1 fully saturated rings. The monoisotopic (exact) mass is 272 g/mol. The first-order chi connectivity index (χ1) is 9.06. The fourth-order valence-electron chi connectivity index (χ4n) is 2.16. The molecule has 0 aliphatic heterocycles. The molecule has 0 heterocycles. The molecular weight excluding hydrogens is 248 g/mol.